The van der Waals surface area contributed by atoms with Crippen molar-refractivity contribution < 1.29 is 28.1 Å². The van der Waals surface area contributed by atoms with Crippen molar-refractivity contribution in [1.82, 2.24) is 9.97 Å². The standard InChI is InChI=1S/C28H30N2O6S3/c31-25-26(32)28(36-16-22-14-30-18-38-22)24(12-20-9-5-2-6-10-20)39(33,34)23(11-19-7-3-1-4-8-19)27(25)35-15-21-13-29-17-37-21/h1-10,13-14,17-18,23-28,31-32H,11-12,15-16H2. The second-order valence-electron chi connectivity index (χ2n) is 9.51. The van der Waals surface area contributed by atoms with Gasteiger partial charge in [0, 0.05) is 12.4 Å². The highest BCUT2D eigenvalue weighted by molar-refractivity contribution is 7.92. The first-order valence-electron chi connectivity index (χ1n) is 12.6. The third kappa shape index (κ3) is 6.63. The van der Waals surface area contributed by atoms with Gasteiger partial charge in [0.15, 0.2) is 9.84 Å². The molecule has 0 spiro atoms. The van der Waals surface area contributed by atoms with Crippen LogP contribution in [0.25, 0.3) is 0 Å². The summed E-state index contributed by atoms with van der Waals surface area (Å²) in [5, 5.41) is 20.7. The van der Waals surface area contributed by atoms with Gasteiger partial charge in [-0.25, -0.2) is 8.42 Å². The summed E-state index contributed by atoms with van der Waals surface area (Å²) in [6, 6.07) is 18.5. The molecule has 1 saturated heterocycles. The van der Waals surface area contributed by atoms with Crippen LogP contribution >= 0.6 is 22.7 Å². The second kappa shape index (κ2) is 12.8. The number of benzene rings is 2. The highest BCUT2D eigenvalue weighted by Gasteiger charge is 2.54. The SMILES string of the molecule is O=S1(=O)C(Cc2ccccc2)C(OCc2cncs2)C(O)C(O)C(OCc2cncs2)C1Cc1ccccc1. The quantitative estimate of drug-likeness (QED) is 0.290. The van der Waals surface area contributed by atoms with Crippen molar-refractivity contribution in [3.63, 3.8) is 0 Å². The molecule has 1 aliphatic rings. The van der Waals surface area contributed by atoms with Crippen LogP contribution in [0.3, 0.4) is 0 Å². The normalized spacial score (nSPS) is 26.7. The van der Waals surface area contributed by atoms with Crippen molar-refractivity contribution in [3.05, 3.63) is 105 Å². The summed E-state index contributed by atoms with van der Waals surface area (Å²) in [5.41, 5.74) is 4.91. The van der Waals surface area contributed by atoms with E-state index in [9.17, 15) is 18.6 Å². The van der Waals surface area contributed by atoms with Crippen molar-refractivity contribution in [1.29, 1.82) is 0 Å². The monoisotopic (exact) mass is 586 g/mol. The van der Waals surface area contributed by atoms with Crippen LogP contribution < -0.4 is 0 Å². The number of thiazole rings is 2. The summed E-state index contributed by atoms with van der Waals surface area (Å²) in [5.74, 6) is 0. The molecule has 4 aromatic rings. The number of sulfone groups is 1. The van der Waals surface area contributed by atoms with Crippen LogP contribution in [-0.2, 0) is 45.4 Å². The maximum atomic E-state index is 14.6. The lowest BCUT2D eigenvalue weighted by molar-refractivity contribution is -0.138. The van der Waals surface area contributed by atoms with E-state index in [0.29, 0.717) is 0 Å². The van der Waals surface area contributed by atoms with Crippen molar-refractivity contribution in [3.8, 4) is 0 Å². The summed E-state index contributed by atoms with van der Waals surface area (Å²) >= 11 is 2.75. The molecule has 1 aliphatic heterocycles. The molecule has 6 unspecified atom stereocenters. The molecule has 0 bridgehead atoms. The summed E-state index contributed by atoms with van der Waals surface area (Å²) in [4.78, 5) is 9.69. The van der Waals surface area contributed by atoms with E-state index in [1.54, 1.807) is 23.4 Å². The first kappa shape index (κ1) is 28.0. The van der Waals surface area contributed by atoms with Crippen LogP contribution in [0.4, 0.5) is 0 Å². The zero-order valence-electron chi connectivity index (χ0n) is 21.0. The third-order valence-electron chi connectivity index (χ3n) is 6.96. The predicted octanol–water partition coefficient (Wildman–Crippen LogP) is 3.44. The van der Waals surface area contributed by atoms with Crippen LogP contribution in [0, 0.1) is 0 Å². The van der Waals surface area contributed by atoms with Gasteiger partial charge >= 0.3 is 0 Å². The van der Waals surface area contributed by atoms with E-state index in [4.69, 9.17) is 9.47 Å². The van der Waals surface area contributed by atoms with Crippen LogP contribution in [0.2, 0.25) is 0 Å². The Morgan fingerprint density at radius 2 is 1.10 bits per heavy atom. The molecule has 1 fully saturated rings. The van der Waals surface area contributed by atoms with Crippen LogP contribution in [0.1, 0.15) is 20.9 Å². The molecule has 8 nitrogen and oxygen atoms in total. The fourth-order valence-electron chi connectivity index (χ4n) is 4.98. The summed E-state index contributed by atoms with van der Waals surface area (Å²) in [6.07, 6.45) is -1.87. The molecule has 2 aromatic heterocycles. The van der Waals surface area contributed by atoms with Gasteiger partial charge in [-0.15, -0.1) is 22.7 Å². The molecular weight excluding hydrogens is 557 g/mol. The van der Waals surface area contributed by atoms with Gasteiger partial charge in [0.05, 0.1) is 44.5 Å². The van der Waals surface area contributed by atoms with Gasteiger partial charge in [-0.1, -0.05) is 60.7 Å². The largest absolute Gasteiger partial charge is 0.388 e. The summed E-state index contributed by atoms with van der Waals surface area (Å²) in [7, 11) is -4.04. The maximum Gasteiger partial charge on any atom is 0.161 e. The highest BCUT2D eigenvalue weighted by Crippen LogP contribution is 2.35. The average Bonchev–Trinajstić information content (AvgIpc) is 3.66. The number of hydrogen-bond donors (Lipinski definition) is 2. The van der Waals surface area contributed by atoms with E-state index >= 15 is 0 Å². The smallest absolute Gasteiger partial charge is 0.161 e. The molecule has 6 atom stereocenters. The van der Waals surface area contributed by atoms with Gasteiger partial charge in [0.25, 0.3) is 0 Å². The number of ether oxygens (including phenoxy) is 2. The molecule has 0 amide bonds. The fourth-order valence-corrected chi connectivity index (χ4v) is 8.53. The number of nitrogens with zero attached hydrogens (tertiary/aromatic N) is 2. The lowest BCUT2D eigenvalue weighted by atomic mass is 9.94. The number of aliphatic hydroxyl groups excluding tert-OH is 2. The summed E-state index contributed by atoms with van der Waals surface area (Å²) in [6.45, 7) is 0.130. The van der Waals surface area contributed by atoms with Crippen molar-refractivity contribution in [2.45, 2.75) is 61.0 Å². The van der Waals surface area contributed by atoms with Gasteiger partial charge in [0.2, 0.25) is 0 Å². The molecule has 2 aromatic carbocycles. The van der Waals surface area contributed by atoms with E-state index < -0.39 is 44.8 Å². The molecule has 0 radical (unpaired) electrons. The van der Waals surface area contributed by atoms with Crippen molar-refractivity contribution in [2.24, 2.45) is 0 Å². The molecule has 0 saturated carbocycles. The molecule has 0 aliphatic carbocycles. The molecular formula is C28H30N2O6S3. The number of aromatic nitrogens is 2. The maximum absolute atomic E-state index is 14.6. The molecule has 5 rings (SSSR count). The molecule has 206 valence electrons. The lowest BCUT2D eigenvalue weighted by Crippen LogP contribution is -2.49. The number of aliphatic hydroxyl groups is 2. The van der Waals surface area contributed by atoms with Gasteiger partial charge < -0.3 is 19.7 Å². The Hall–Kier alpha value is -2.51. The van der Waals surface area contributed by atoms with Crippen LogP contribution in [-0.4, -0.2) is 63.5 Å². The van der Waals surface area contributed by atoms with E-state index in [0.717, 1.165) is 20.9 Å². The number of hydrogen-bond acceptors (Lipinski definition) is 10. The molecule has 3 heterocycles. The van der Waals surface area contributed by atoms with Crippen LogP contribution in [0.5, 0.6) is 0 Å². The van der Waals surface area contributed by atoms with E-state index in [1.165, 1.54) is 22.7 Å². The minimum atomic E-state index is -4.04. The summed E-state index contributed by atoms with van der Waals surface area (Å²) < 4.78 is 41.4. The Kier molecular flexibility index (Phi) is 9.18. The Bertz CT molecular complexity index is 1280. The van der Waals surface area contributed by atoms with E-state index in [2.05, 4.69) is 9.97 Å². The van der Waals surface area contributed by atoms with Gasteiger partial charge in [-0.05, 0) is 24.0 Å². The minimum absolute atomic E-state index is 0.0651. The predicted molar refractivity (Wildman–Crippen MR) is 150 cm³/mol. The Morgan fingerprint density at radius 1 is 0.692 bits per heavy atom. The number of rotatable bonds is 10. The lowest BCUT2D eigenvalue weighted by Gasteiger charge is -2.30. The topological polar surface area (TPSA) is 119 Å². The third-order valence-corrected chi connectivity index (χ3v) is 11.0. The van der Waals surface area contributed by atoms with Gasteiger partial charge in [-0.2, -0.15) is 0 Å². The van der Waals surface area contributed by atoms with E-state index in [1.807, 2.05) is 60.7 Å². The molecule has 39 heavy (non-hydrogen) atoms. The highest BCUT2D eigenvalue weighted by atomic mass is 32.2. The Balaban J connectivity index is 1.55. The second-order valence-corrected chi connectivity index (χ2v) is 13.8. The first-order chi connectivity index (χ1) is 18.9. The fraction of sp³-hybridized carbons (Fsp3) is 0.357. The van der Waals surface area contributed by atoms with E-state index in [-0.39, 0.29) is 26.1 Å². The zero-order chi connectivity index (χ0) is 27.2. The Labute approximate surface area is 235 Å². The average molecular weight is 587 g/mol. The Morgan fingerprint density at radius 3 is 1.46 bits per heavy atom. The molecule has 11 heteroatoms. The van der Waals surface area contributed by atoms with Crippen molar-refractivity contribution >= 4 is 32.5 Å². The van der Waals surface area contributed by atoms with Gasteiger partial charge in [-0.3, -0.25) is 9.97 Å². The van der Waals surface area contributed by atoms with Crippen LogP contribution in [0.15, 0.2) is 84.1 Å². The minimum Gasteiger partial charge on any atom is -0.388 e. The molecule has 2 N–H and O–H groups in total. The van der Waals surface area contributed by atoms with Gasteiger partial charge in [0.1, 0.15) is 24.4 Å². The zero-order valence-corrected chi connectivity index (χ0v) is 23.5. The van der Waals surface area contributed by atoms with Crippen molar-refractivity contribution in [2.75, 3.05) is 0 Å². The first-order valence-corrected chi connectivity index (χ1v) is 15.9.